The van der Waals surface area contributed by atoms with Crippen molar-refractivity contribution in [2.75, 3.05) is 18.0 Å². The first-order valence-corrected chi connectivity index (χ1v) is 7.04. The van der Waals surface area contributed by atoms with Gasteiger partial charge >= 0.3 is 7.12 Å². The lowest BCUT2D eigenvalue weighted by Crippen LogP contribution is -2.52. The normalized spacial score (nSPS) is 12.6. The van der Waals surface area contributed by atoms with Crippen molar-refractivity contribution in [3.8, 4) is 0 Å². The van der Waals surface area contributed by atoms with Gasteiger partial charge in [-0.15, -0.1) is 0 Å². The average molecular weight is 283 g/mol. The van der Waals surface area contributed by atoms with E-state index in [0.717, 1.165) is 18.8 Å². The Labute approximate surface area is 121 Å². The van der Waals surface area contributed by atoms with E-state index in [9.17, 15) is 10.1 Å². The van der Waals surface area contributed by atoms with Crippen LogP contribution in [0.1, 0.15) is 41.5 Å². The van der Waals surface area contributed by atoms with E-state index in [4.69, 9.17) is 9.07 Å². The number of rotatable bonds is 7. The number of hydrogen-bond acceptors (Lipinski definition) is 5. The van der Waals surface area contributed by atoms with Crippen LogP contribution in [0.2, 0.25) is 0 Å². The monoisotopic (exact) mass is 283 g/mol. The molecule has 0 aliphatic heterocycles. The first kappa shape index (κ1) is 17.1. The summed E-state index contributed by atoms with van der Waals surface area (Å²) in [5.41, 5.74) is -0.741. The molecule has 0 atom stereocenters. The molecule has 0 bridgehead atoms. The van der Waals surface area contributed by atoms with Gasteiger partial charge in [0.25, 0.3) is 0 Å². The van der Waals surface area contributed by atoms with Crippen molar-refractivity contribution >= 4 is 18.5 Å². The van der Waals surface area contributed by atoms with E-state index < -0.39 is 18.3 Å². The largest absolute Gasteiger partial charge is 0.529 e. The van der Waals surface area contributed by atoms with Crippen LogP contribution in [0.4, 0.5) is 5.69 Å². The van der Waals surface area contributed by atoms with Gasteiger partial charge in [-0.25, -0.2) is 0 Å². The molecule has 1 aromatic heterocycles. The van der Waals surface area contributed by atoms with Crippen molar-refractivity contribution in [3.05, 3.63) is 12.3 Å². The molecule has 1 rings (SSSR count). The van der Waals surface area contributed by atoms with Gasteiger partial charge in [0.15, 0.2) is 0 Å². The highest BCUT2D eigenvalue weighted by Gasteiger charge is 2.40. The van der Waals surface area contributed by atoms with Crippen LogP contribution < -0.4 is 10.6 Å². The van der Waals surface area contributed by atoms with Crippen molar-refractivity contribution in [1.82, 2.24) is 0 Å². The minimum absolute atomic E-state index is 0.337. The molecule has 2 N–H and O–H groups in total. The fourth-order valence-corrected chi connectivity index (χ4v) is 1.71. The van der Waals surface area contributed by atoms with E-state index in [-0.39, 0.29) is 0 Å². The van der Waals surface area contributed by atoms with Crippen LogP contribution in [0, 0.1) is 0 Å². The van der Waals surface area contributed by atoms with Crippen LogP contribution in [0.5, 0.6) is 0 Å². The zero-order valence-electron chi connectivity index (χ0n) is 13.3. The van der Waals surface area contributed by atoms with Crippen molar-refractivity contribution in [3.63, 3.8) is 0 Å². The lowest BCUT2D eigenvalue weighted by atomic mass is 9.81. The molecule has 0 amide bonds. The second-order valence-corrected chi connectivity index (χ2v) is 5.92. The lowest BCUT2D eigenvalue weighted by Gasteiger charge is -2.38. The SMILES string of the molecule is CCN(CC)c1coc(B(O)OC(C)(C)C(C)(C)O)c1. The molecular weight excluding hydrogens is 257 g/mol. The molecule has 0 saturated carbocycles. The predicted octanol–water partition coefficient (Wildman–Crippen LogP) is 1.38. The summed E-state index contributed by atoms with van der Waals surface area (Å²) < 4.78 is 10.9. The van der Waals surface area contributed by atoms with E-state index in [1.807, 2.05) is 0 Å². The molecule has 6 heteroatoms. The van der Waals surface area contributed by atoms with E-state index in [0.29, 0.717) is 5.66 Å². The first-order valence-electron chi connectivity index (χ1n) is 7.04. The Hall–Kier alpha value is -0.975. The Morgan fingerprint density at radius 2 is 1.80 bits per heavy atom. The number of aliphatic hydroxyl groups is 1. The summed E-state index contributed by atoms with van der Waals surface area (Å²) in [5.74, 6) is 0. The average Bonchev–Trinajstić information content (AvgIpc) is 2.78. The Kier molecular flexibility index (Phi) is 5.30. The fourth-order valence-electron chi connectivity index (χ4n) is 1.71. The smallest absolute Gasteiger partial charge is 0.471 e. The minimum Gasteiger partial charge on any atom is -0.471 e. The van der Waals surface area contributed by atoms with Gasteiger partial charge in [0.1, 0.15) is 11.9 Å². The fraction of sp³-hybridized carbons (Fsp3) is 0.714. The summed E-state index contributed by atoms with van der Waals surface area (Å²) in [6.45, 7) is 12.6. The van der Waals surface area contributed by atoms with Crippen LogP contribution in [0.25, 0.3) is 0 Å². The summed E-state index contributed by atoms with van der Waals surface area (Å²) in [4.78, 5) is 2.11. The van der Waals surface area contributed by atoms with Gasteiger partial charge < -0.3 is 24.1 Å². The highest BCUT2D eigenvalue weighted by Crippen LogP contribution is 2.25. The molecule has 0 fully saturated rings. The molecule has 5 nitrogen and oxygen atoms in total. The van der Waals surface area contributed by atoms with Gasteiger partial charge in [0, 0.05) is 13.1 Å². The van der Waals surface area contributed by atoms with E-state index >= 15 is 0 Å². The van der Waals surface area contributed by atoms with Gasteiger partial charge in [0.2, 0.25) is 0 Å². The Morgan fingerprint density at radius 1 is 1.25 bits per heavy atom. The van der Waals surface area contributed by atoms with Gasteiger partial charge in [-0.05, 0) is 47.6 Å². The zero-order chi connectivity index (χ0) is 15.6. The Balaban J connectivity index is 2.81. The van der Waals surface area contributed by atoms with Crippen molar-refractivity contribution < 1.29 is 19.2 Å². The Morgan fingerprint density at radius 3 is 2.25 bits per heavy atom. The van der Waals surface area contributed by atoms with Crippen LogP contribution in [0.3, 0.4) is 0 Å². The molecule has 0 aliphatic carbocycles. The minimum atomic E-state index is -1.21. The maximum atomic E-state index is 10.1. The maximum absolute atomic E-state index is 10.1. The van der Waals surface area contributed by atoms with Crippen LogP contribution in [-0.2, 0) is 4.65 Å². The lowest BCUT2D eigenvalue weighted by molar-refractivity contribution is -0.0986. The predicted molar refractivity (Wildman–Crippen MR) is 81.3 cm³/mol. The van der Waals surface area contributed by atoms with E-state index in [1.165, 1.54) is 0 Å². The van der Waals surface area contributed by atoms with E-state index in [2.05, 4.69) is 18.7 Å². The van der Waals surface area contributed by atoms with Crippen molar-refractivity contribution in [2.24, 2.45) is 0 Å². The highest BCUT2D eigenvalue weighted by molar-refractivity contribution is 6.58. The number of anilines is 1. The first-order chi connectivity index (χ1) is 9.12. The second kappa shape index (κ2) is 6.20. The quantitative estimate of drug-likeness (QED) is 0.740. The topological polar surface area (TPSA) is 66.1 Å². The van der Waals surface area contributed by atoms with Crippen LogP contribution in [-0.4, -0.2) is 41.5 Å². The molecule has 114 valence electrons. The summed E-state index contributed by atoms with van der Waals surface area (Å²) >= 11 is 0. The molecule has 0 aromatic carbocycles. The number of nitrogens with zero attached hydrogens (tertiary/aromatic N) is 1. The molecule has 1 aromatic rings. The summed E-state index contributed by atoms with van der Waals surface area (Å²) in [6, 6.07) is 1.76. The second-order valence-electron chi connectivity index (χ2n) is 5.92. The zero-order valence-corrected chi connectivity index (χ0v) is 13.3. The van der Waals surface area contributed by atoms with Gasteiger partial charge in [-0.2, -0.15) is 0 Å². The van der Waals surface area contributed by atoms with Crippen LogP contribution >= 0.6 is 0 Å². The molecule has 0 radical (unpaired) electrons. The maximum Gasteiger partial charge on any atom is 0.529 e. The summed E-state index contributed by atoms with van der Waals surface area (Å²) in [5, 5.41) is 20.2. The third kappa shape index (κ3) is 3.78. The summed E-state index contributed by atoms with van der Waals surface area (Å²) in [7, 11) is -1.21. The number of furan rings is 1. The number of hydrogen-bond donors (Lipinski definition) is 2. The van der Waals surface area contributed by atoms with E-state index in [1.54, 1.807) is 40.0 Å². The highest BCUT2D eigenvalue weighted by atomic mass is 16.6. The molecule has 0 aliphatic rings. The molecule has 20 heavy (non-hydrogen) atoms. The van der Waals surface area contributed by atoms with Crippen molar-refractivity contribution in [1.29, 1.82) is 0 Å². The van der Waals surface area contributed by atoms with Crippen LogP contribution in [0.15, 0.2) is 16.7 Å². The van der Waals surface area contributed by atoms with Gasteiger partial charge in [-0.1, -0.05) is 0 Å². The van der Waals surface area contributed by atoms with Gasteiger partial charge in [-0.3, -0.25) is 0 Å². The molecule has 0 spiro atoms. The molecule has 0 saturated heterocycles. The molecular formula is C14H26BNO4. The summed E-state index contributed by atoms with van der Waals surface area (Å²) in [6.07, 6.45) is 1.60. The third-order valence-electron chi connectivity index (χ3n) is 3.86. The van der Waals surface area contributed by atoms with Crippen molar-refractivity contribution in [2.45, 2.75) is 52.7 Å². The molecule has 0 unspecified atom stereocenters. The third-order valence-corrected chi connectivity index (χ3v) is 3.86. The molecule has 1 heterocycles. The standard InChI is InChI=1S/C14H26BNO4/c1-7-16(8-2)11-9-12(19-10-11)15(18)20-14(5,6)13(3,4)17/h9-10,17-18H,7-8H2,1-6H3. The Bertz CT molecular complexity index is 421. The van der Waals surface area contributed by atoms with Gasteiger partial charge in [0.05, 0.1) is 16.9 Å².